The summed E-state index contributed by atoms with van der Waals surface area (Å²) in [5.41, 5.74) is 0.573. The molecule has 1 amide bonds. The Balaban J connectivity index is 1.59. The van der Waals surface area contributed by atoms with Crippen LogP contribution in [-0.4, -0.2) is 31.0 Å². The number of aliphatic hydroxyl groups is 1. The van der Waals surface area contributed by atoms with Crippen molar-refractivity contribution in [2.24, 2.45) is 5.92 Å². The number of rotatable bonds is 6. The van der Waals surface area contributed by atoms with Crippen molar-refractivity contribution in [3.05, 3.63) is 17.7 Å². The van der Waals surface area contributed by atoms with Crippen LogP contribution in [0.25, 0.3) is 0 Å². The fourth-order valence-electron chi connectivity index (χ4n) is 2.00. The summed E-state index contributed by atoms with van der Waals surface area (Å²) in [4.78, 5) is 11.6. The summed E-state index contributed by atoms with van der Waals surface area (Å²) in [6.07, 6.45) is 2.38. The van der Waals surface area contributed by atoms with Crippen LogP contribution >= 0.6 is 0 Å². The Hall–Kier alpha value is -1.95. The van der Waals surface area contributed by atoms with Gasteiger partial charge in [0.25, 0.3) is 5.91 Å². The molecule has 1 aliphatic heterocycles. The number of carbonyl (C=O) groups is 1. The Kier molecular flexibility index (Phi) is 3.64. The van der Waals surface area contributed by atoms with Gasteiger partial charge in [-0.3, -0.25) is 4.79 Å². The van der Waals surface area contributed by atoms with Crippen LogP contribution in [0.4, 0.5) is 0 Å². The molecule has 1 saturated carbocycles. The predicted octanol–water partition coefficient (Wildman–Crippen LogP) is 0.813. The molecule has 1 aliphatic carbocycles. The number of nitrogens with one attached hydrogen (secondary N) is 1. The molecule has 108 valence electrons. The van der Waals surface area contributed by atoms with Gasteiger partial charge in [0.2, 0.25) is 6.79 Å². The third-order valence-corrected chi connectivity index (χ3v) is 3.37. The summed E-state index contributed by atoms with van der Waals surface area (Å²) in [5.74, 6) is 2.07. The highest BCUT2D eigenvalue weighted by Crippen LogP contribution is 2.38. The van der Waals surface area contributed by atoms with Gasteiger partial charge >= 0.3 is 0 Å². The Morgan fingerprint density at radius 1 is 1.35 bits per heavy atom. The lowest BCUT2D eigenvalue weighted by molar-refractivity contribution is -0.123. The number of hydrogen-bond donors (Lipinski definition) is 2. The number of hydrogen-bond acceptors (Lipinski definition) is 5. The van der Waals surface area contributed by atoms with Gasteiger partial charge < -0.3 is 24.6 Å². The van der Waals surface area contributed by atoms with Gasteiger partial charge in [-0.1, -0.05) is 0 Å². The lowest BCUT2D eigenvalue weighted by Gasteiger charge is -2.11. The van der Waals surface area contributed by atoms with Crippen molar-refractivity contribution in [1.82, 2.24) is 5.32 Å². The number of aliphatic hydroxyl groups excluding tert-OH is 1. The highest BCUT2D eigenvalue weighted by Gasteiger charge is 2.22. The first-order chi connectivity index (χ1) is 9.76. The van der Waals surface area contributed by atoms with Crippen LogP contribution < -0.4 is 19.5 Å². The van der Waals surface area contributed by atoms with E-state index in [0.29, 0.717) is 28.7 Å². The van der Waals surface area contributed by atoms with E-state index in [9.17, 15) is 9.90 Å². The summed E-state index contributed by atoms with van der Waals surface area (Å²) >= 11 is 0. The first-order valence-electron chi connectivity index (χ1n) is 6.69. The maximum atomic E-state index is 11.6. The lowest BCUT2D eigenvalue weighted by Crippen LogP contribution is -2.30. The van der Waals surface area contributed by atoms with E-state index in [4.69, 9.17) is 14.2 Å². The van der Waals surface area contributed by atoms with E-state index >= 15 is 0 Å². The summed E-state index contributed by atoms with van der Waals surface area (Å²) < 4.78 is 15.9. The molecule has 1 heterocycles. The van der Waals surface area contributed by atoms with Gasteiger partial charge in [-0.05, 0) is 24.8 Å². The average molecular weight is 279 g/mol. The molecule has 0 unspecified atom stereocenters. The Bertz CT molecular complexity index is 513. The third kappa shape index (κ3) is 2.96. The van der Waals surface area contributed by atoms with Crippen LogP contribution in [-0.2, 0) is 11.4 Å². The van der Waals surface area contributed by atoms with Gasteiger partial charge in [-0.15, -0.1) is 0 Å². The molecule has 1 aromatic rings. The largest absolute Gasteiger partial charge is 0.483 e. The molecule has 2 N–H and O–H groups in total. The van der Waals surface area contributed by atoms with Gasteiger partial charge in [0, 0.05) is 18.2 Å². The average Bonchev–Trinajstić information content (AvgIpc) is 3.18. The Labute approximate surface area is 116 Å². The lowest BCUT2D eigenvalue weighted by atomic mass is 10.2. The minimum Gasteiger partial charge on any atom is -0.483 e. The van der Waals surface area contributed by atoms with Crippen molar-refractivity contribution in [3.63, 3.8) is 0 Å². The maximum Gasteiger partial charge on any atom is 0.257 e. The normalized spacial score (nSPS) is 16.1. The minimum atomic E-state index is -0.185. The van der Waals surface area contributed by atoms with Gasteiger partial charge in [-0.2, -0.15) is 0 Å². The van der Waals surface area contributed by atoms with Crippen LogP contribution in [0.15, 0.2) is 12.1 Å². The number of carbonyl (C=O) groups excluding carboxylic acids is 1. The van der Waals surface area contributed by atoms with Gasteiger partial charge in [0.1, 0.15) is 5.75 Å². The van der Waals surface area contributed by atoms with Crippen molar-refractivity contribution in [2.75, 3.05) is 19.9 Å². The van der Waals surface area contributed by atoms with Crippen LogP contribution in [0.1, 0.15) is 18.4 Å². The molecule has 6 nitrogen and oxygen atoms in total. The maximum absolute atomic E-state index is 11.6. The topological polar surface area (TPSA) is 77.0 Å². The van der Waals surface area contributed by atoms with E-state index in [2.05, 4.69) is 5.32 Å². The van der Waals surface area contributed by atoms with Gasteiger partial charge in [-0.25, -0.2) is 0 Å². The molecule has 1 aromatic carbocycles. The zero-order chi connectivity index (χ0) is 13.9. The third-order valence-electron chi connectivity index (χ3n) is 3.37. The molecule has 6 heteroatoms. The molecule has 2 aliphatic rings. The van der Waals surface area contributed by atoms with E-state index in [1.807, 2.05) is 0 Å². The van der Waals surface area contributed by atoms with Gasteiger partial charge in [0.15, 0.2) is 18.1 Å². The van der Waals surface area contributed by atoms with E-state index in [1.54, 1.807) is 12.1 Å². The molecular weight excluding hydrogens is 262 g/mol. The first kappa shape index (κ1) is 13.1. The molecule has 20 heavy (non-hydrogen) atoms. The summed E-state index contributed by atoms with van der Waals surface area (Å²) in [6.45, 7) is 0.622. The fourth-order valence-corrected chi connectivity index (χ4v) is 2.00. The van der Waals surface area contributed by atoms with E-state index in [-0.39, 0.29) is 25.9 Å². The SMILES string of the molecule is O=C(COc1cc2c(cc1CO)OCO2)NCC1CC1. The standard InChI is InChI=1S/C14H17NO5/c16-6-10-3-12-13(20-8-19-12)4-11(10)18-7-14(17)15-5-9-1-2-9/h3-4,9,16H,1-2,5-8H2,(H,15,17). The molecule has 0 spiro atoms. The molecule has 0 bridgehead atoms. The van der Waals surface area contributed by atoms with Crippen LogP contribution in [0.5, 0.6) is 17.2 Å². The smallest absolute Gasteiger partial charge is 0.257 e. The molecule has 0 atom stereocenters. The quantitative estimate of drug-likeness (QED) is 0.806. The minimum absolute atomic E-state index is 0.0701. The summed E-state index contributed by atoms with van der Waals surface area (Å²) in [5, 5.41) is 12.1. The van der Waals surface area contributed by atoms with Crippen LogP contribution in [0, 0.1) is 5.92 Å². The highest BCUT2D eigenvalue weighted by molar-refractivity contribution is 5.77. The number of fused-ring (bicyclic) bond motifs is 1. The van der Waals surface area contributed by atoms with E-state index in [0.717, 1.165) is 6.54 Å². The predicted molar refractivity (Wildman–Crippen MR) is 69.7 cm³/mol. The molecule has 0 saturated heterocycles. The zero-order valence-electron chi connectivity index (χ0n) is 11.1. The number of amides is 1. The van der Waals surface area contributed by atoms with Gasteiger partial charge in [0.05, 0.1) is 6.61 Å². The van der Waals surface area contributed by atoms with Crippen molar-refractivity contribution < 1.29 is 24.1 Å². The summed E-state index contributed by atoms with van der Waals surface area (Å²) in [7, 11) is 0. The van der Waals surface area contributed by atoms with Crippen molar-refractivity contribution in [3.8, 4) is 17.2 Å². The molecule has 1 fully saturated rings. The first-order valence-corrected chi connectivity index (χ1v) is 6.69. The molecular formula is C14H17NO5. The molecule has 0 radical (unpaired) electrons. The summed E-state index contributed by atoms with van der Waals surface area (Å²) in [6, 6.07) is 3.31. The second-order valence-electron chi connectivity index (χ2n) is 5.01. The number of ether oxygens (including phenoxy) is 3. The van der Waals surface area contributed by atoms with Crippen LogP contribution in [0.2, 0.25) is 0 Å². The van der Waals surface area contributed by atoms with Crippen molar-refractivity contribution >= 4 is 5.91 Å². The second-order valence-corrected chi connectivity index (χ2v) is 5.01. The number of benzene rings is 1. The highest BCUT2D eigenvalue weighted by atomic mass is 16.7. The Morgan fingerprint density at radius 3 is 2.80 bits per heavy atom. The zero-order valence-corrected chi connectivity index (χ0v) is 11.1. The van der Waals surface area contributed by atoms with E-state index in [1.165, 1.54) is 12.8 Å². The Morgan fingerprint density at radius 2 is 2.10 bits per heavy atom. The van der Waals surface area contributed by atoms with Crippen LogP contribution in [0.3, 0.4) is 0 Å². The van der Waals surface area contributed by atoms with Crippen molar-refractivity contribution in [2.45, 2.75) is 19.4 Å². The fraction of sp³-hybridized carbons (Fsp3) is 0.500. The second kappa shape index (κ2) is 5.58. The van der Waals surface area contributed by atoms with E-state index < -0.39 is 0 Å². The van der Waals surface area contributed by atoms with Crippen molar-refractivity contribution in [1.29, 1.82) is 0 Å². The molecule has 3 rings (SSSR count). The molecule has 0 aromatic heterocycles. The monoisotopic (exact) mass is 279 g/mol.